The number of hydrazone groups is 1. The Morgan fingerprint density at radius 2 is 2.00 bits per heavy atom. The van der Waals surface area contributed by atoms with E-state index in [2.05, 4.69) is 20.4 Å². The molecule has 2 aromatic rings. The van der Waals surface area contributed by atoms with E-state index in [0.717, 1.165) is 37.4 Å². The van der Waals surface area contributed by atoms with Crippen molar-refractivity contribution in [3.63, 3.8) is 0 Å². The van der Waals surface area contributed by atoms with Crippen LogP contribution in [-0.2, 0) is 0 Å². The van der Waals surface area contributed by atoms with Gasteiger partial charge < -0.3 is 14.4 Å². The molecule has 142 valence electrons. The van der Waals surface area contributed by atoms with Crippen molar-refractivity contribution in [2.24, 2.45) is 5.10 Å². The Hall–Kier alpha value is -2.80. The molecule has 1 aromatic carbocycles. The number of aromatic nitrogens is 1. The van der Waals surface area contributed by atoms with Crippen LogP contribution in [0.25, 0.3) is 0 Å². The maximum Gasteiger partial charge on any atom is 0.274 e. The minimum Gasteiger partial charge on any atom is -0.496 e. The summed E-state index contributed by atoms with van der Waals surface area (Å²) in [4.78, 5) is 18.3. The molecule has 0 saturated carbocycles. The highest BCUT2D eigenvalue weighted by atomic mass is 35.5. The molecule has 3 rings (SSSR count). The number of rotatable bonds is 6. The number of methoxy groups -OCH3 is 2. The second-order valence-electron chi connectivity index (χ2n) is 6.00. The Kier molecular flexibility index (Phi) is 6.13. The van der Waals surface area contributed by atoms with Crippen LogP contribution in [0.15, 0.2) is 35.6 Å². The molecule has 8 heteroatoms. The number of nitrogens with zero attached hydrogens (tertiary/aromatic N) is 3. The fourth-order valence-electron chi connectivity index (χ4n) is 2.99. The molecule has 0 atom stereocenters. The second-order valence-corrected chi connectivity index (χ2v) is 6.36. The van der Waals surface area contributed by atoms with E-state index in [9.17, 15) is 4.79 Å². The number of hydrogen-bond donors (Lipinski definition) is 1. The molecule has 1 fully saturated rings. The molecular formula is C19H21ClN4O3. The average molecular weight is 389 g/mol. The number of anilines is 1. The highest BCUT2D eigenvalue weighted by Crippen LogP contribution is 2.36. The van der Waals surface area contributed by atoms with Crippen LogP contribution in [0.5, 0.6) is 11.5 Å². The van der Waals surface area contributed by atoms with Gasteiger partial charge in [0.25, 0.3) is 5.91 Å². The molecule has 1 N–H and O–H groups in total. The molecule has 0 unspecified atom stereocenters. The largest absolute Gasteiger partial charge is 0.496 e. The number of hydrogen-bond acceptors (Lipinski definition) is 6. The molecule has 1 amide bonds. The lowest BCUT2D eigenvalue weighted by Gasteiger charge is -2.22. The van der Waals surface area contributed by atoms with Gasteiger partial charge in [0.15, 0.2) is 0 Å². The van der Waals surface area contributed by atoms with Crippen LogP contribution < -0.4 is 19.8 Å². The molecule has 1 aliphatic heterocycles. The summed E-state index contributed by atoms with van der Waals surface area (Å²) in [6.07, 6.45) is 5.36. The summed E-state index contributed by atoms with van der Waals surface area (Å²) in [7, 11) is 3.23. The van der Waals surface area contributed by atoms with Crippen LogP contribution in [-0.4, -0.2) is 44.4 Å². The molecule has 1 aromatic heterocycles. The van der Waals surface area contributed by atoms with Crippen molar-refractivity contribution < 1.29 is 14.3 Å². The van der Waals surface area contributed by atoms with E-state index < -0.39 is 5.91 Å². The normalized spacial score (nSPS) is 13.8. The fourth-order valence-corrected chi connectivity index (χ4v) is 3.19. The van der Waals surface area contributed by atoms with Crippen LogP contribution in [0.1, 0.15) is 28.8 Å². The summed E-state index contributed by atoms with van der Waals surface area (Å²) in [5.41, 5.74) is 4.39. The third kappa shape index (κ3) is 4.31. The second kappa shape index (κ2) is 8.73. The number of amides is 1. The first-order valence-electron chi connectivity index (χ1n) is 8.59. The summed E-state index contributed by atoms with van der Waals surface area (Å²) in [5, 5.41) is 4.13. The van der Waals surface area contributed by atoms with E-state index in [-0.39, 0.29) is 10.7 Å². The molecule has 0 aliphatic carbocycles. The van der Waals surface area contributed by atoms with Gasteiger partial charge in [-0.3, -0.25) is 4.79 Å². The average Bonchev–Trinajstić information content (AvgIpc) is 3.22. The number of benzene rings is 1. The van der Waals surface area contributed by atoms with Crippen molar-refractivity contribution in [3.8, 4) is 11.5 Å². The van der Waals surface area contributed by atoms with Crippen molar-refractivity contribution in [2.45, 2.75) is 12.8 Å². The maximum absolute atomic E-state index is 12.1. The lowest BCUT2D eigenvalue weighted by atomic mass is 10.1. The van der Waals surface area contributed by atoms with Gasteiger partial charge in [-0.25, -0.2) is 10.4 Å². The van der Waals surface area contributed by atoms with Gasteiger partial charge in [-0.05, 0) is 31.0 Å². The van der Waals surface area contributed by atoms with Crippen LogP contribution in [0.4, 0.5) is 5.69 Å². The Balaban J connectivity index is 1.80. The minimum atomic E-state index is -0.441. The number of halogens is 1. The van der Waals surface area contributed by atoms with Crippen molar-refractivity contribution >= 4 is 29.4 Å². The number of ether oxygens (including phenoxy) is 2. The van der Waals surface area contributed by atoms with Gasteiger partial charge in [-0.15, -0.1) is 0 Å². The lowest BCUT2D eigenvalue weighted by Crippen LogP contribution is -2.19. The summed E-state index contributed by atoms with van der Waals surface area (Å²) in [5.74, 6) is 0.944. The first-order chi connectivity index (χ1) is 13.1. The molecule has 0 bridgehead atoms. The summed E-state index contributed by atoms with van der Waals surface area (Å²) >= 11 is 5.92. The van der Waals surface area contributed by atoms with E-state index in [0.29, 0.717) is 11.3 Å². The van der Waals surface area contributed by atoms with Crippen LogP contribution in [0.2, 0.25) is 5.15 Å². The van der Waals surface area contributed by atoms with E-state index in [1.807, 2.05) is 12.1 Å². The smallest absolute Gasteiger partial charge is 0.274 e. The molecule has 27 heavy (non-hydrogen) atoms. The highest BCUT2D eigenvalue weighted by molar-refractivity contribution is 6.32. The standard InChI is InChI=1S/C19H21ClN4O3/c1-26-16-11-15(24-8-3-4-9-24)17(27-2)10-13(16)12-22-23-19(25)14-6-5-7-21-18(14)20/h5-7,10-12H,3-4,8-9H2,1-2H3,(H,23,25). The third-order valence-electron chi connectivity index (χ3n) is 4.35. The van der Waals surface area contributed by atoms with Crippen LogP contribution >= 0.6 is 11.6 Å². The maximum atomic E-state index is 12.1. The predicted octanol–water partition coefficient (Wildman–Crippen LogP) is 3.12. The van der Waals surface area contributed by atoms with Crippen LogP contribution in [0.3, 0.4) is 0 Å². The van der Waals surface area contributed by atoms with E-state index in [4.69, 9.17) is 21.1 Å². The number of nitrogens with one attached hydrogen (secondary N) is 1. The predicted molar refractivity (Wildman–Crippen MR) is 105 cm³/mol. The Labute approximate surface area is 162 Å². The number of pyridine rings is 1. The zero-order valence-corrected chi connectivity index (χ0v) is 16.0. The van der Waals surface area contributed by atoms with Crippen molar-refractivity contribution in [2.75, 3.05) is 32.2 Å². The van der Waals surface area contributed by atoms with Crippen molar-refractivity contribution in [1.82, 2.24) is 10.4 Å². The Morgan fingerprint density at radius 3 is 2.67 bits per heavy atom. The molecule has 7 nitrogen and oxygen atoms in total. The molecule has 1 aliphatic rings. The van der Waals surface area contributed by atoms with E-state index in [1.54, 1.807) is 26.4 Å². The third-order valence-corrected chi connectivity index (χ3v) is 4.65. The molecule has 1 saturated heterocycles. The fraction of sp³-hybridized carbons (Fsp3) is 0.316. The van der Waals surface area contributed by atoms with Crippen molar-refractivity contribution in [1.29, 1.82) is 0 Å². The number of carbonyl (C=O) groups excluding carboxylic acids is 1. The molecule has 0 spiro atoms. The van der Waals surface area contributed by atoms with Crippen molar-refractivity contribution in [3.05, 3.63) is 46.7 Å². The summed E-state index contributed by atoms with van der Waals surface area (Å²) < 4.78 is 11.0. The Morgan fingerprint density at radius 1 is 1.26 bits per heavy atom. The van der Waals surface area contributed by atoms with Gasteiger partial charge in [-0.2, -0.15) is 5.10 Å². The topological polar surface area (TPSA) is 76.1 Å². The van der Waals surface area contributed by atoms with Gasteiger partial charge in [0, 0.05) is 30.9 Å². The van der Waals surface area contributed by atoms with E-state index in [1.165, 1.54) is 12.4 Å². The van der Waals surface area contributed by atoms with Gasteiger partial charge in [0.05, 0.1) is 31.7 Å². The molecular weight excluding hydrogens is 368 g/mol. The molecule has 2 heterocycles. The zero-order valence-electron chi connectivity index (χ0n) is 15.2. The summed E-state index contributed by atoms with van der Waals surface area (Å²) in [6, 6.07) is 6.99. The Bertz CT molecular complexity index is 851. The van der Waals surface area contributed by atoms with Gasteiger partial charge in [0.1, 0.15) is 16.7 Å². The quantitative estimate of drug-likeness (QED) is 0.467. The number of carbonyl (C=O) groups is 1. The van der Waals surface area contributed by atoms with Gasteiger partial charge in [-0.1, -0.05) is 11.6 Å². The SMILES string of the molecule is COc1cc(N2CCCC2)c(OC)cc1C=NNC(=O)c1cccnc1Cl. The zero-order chi connectivity index (χ0) is 19.2. The first kappa shape index (κ1) is 19.0. The van der Waals surface area contributed by atoms with Gasteiger partial charge in [0.2, 0.25) is 0 Å². The minimum absolute atomic E-state index is 0.124. The highest BCUT2D eigenvalue weighted by Gasteiger charge is 2.19. The summed E-state index contributed by atoms with van der Waals surface area (Å²) in [6.45, 7) is 1.99. The molecule has 0 radical (unpaired) electrons. The van der Waals surface area contributed by atoms with E-state index >= 15 is 0 Å². The first-order valence-corrected chi connectivity index (χ1v) is 8.96. The lowest BCUT2D eigenvalue weighted by molar-refractivity contribution is 0.0955. The monoisotopic (exact) mass is 388 g/mol. The van der Waals surface area contributed by atoms with Crippen LogP contribution in [0, 0.1) is 0 Å². The van der Waals surface area contributed by atoms with Gasteiger partial charge >= 0.3 is 0 Å².